The first kappa shape index (κ1) is 22.5. The summed E-state index contributed by atoms with van der Waals surface area (Å²) in [5.41, 5.74) is 3.82. The second-order valence-electron chi connectivity index (χ2n) is 9.78. The van der Waals surface area contributed by atoms with Crippen molar-refractivity contribution in [3.63, 3.8) is 0 Å². The molecular formula is C31H29N3O2. The molecule has 1 N–H and O–H groups in total. The number of nitrogens with zero attached hydrogens (tertiary/aromatic N) is 2. The molecule has 5 heteroatoms. The highest BCUT2D eigenvalue weighted by Gasteiger charge is 2.35. The highest BCUT2D eigenvalue weighted by atomic mass is 16.2. The van der Waals surface area contributed by atoms with Crippen molar-refractivity contribution < 1.29 is 9.59 Å². The number of benzene rings is 4. The Hall–Kier alpha value is -3.96. The summed E-state index contributed by atoms with van der Waals surface area (Å²) >= 11 is 0. The van der Waals surface area contributed by atoms with E-state index >= 15 is 0 Å². The van der Waals surface area contributed by atoms with Crippen molar-refractivity contribution in [1.82, 2.24) is 15.1 Å². The molecule has 2 saturated heterocycles. The van der Waals surface area contributed by atoms with E-state index in [1.807, 2.05) is 70.5 Å². The Bertz CT molecular complexity index is 1400. The van der Waals surface area contributed by atoms with Gasteiger partial charge in [0.2, 0.25) is 0 Å². The highest BCUT2D eigenvalue weighted by Crippen LogP contribution is 2.30. The molecule has 6 rings (SSSR count). The maximum absolute atomic E-state index is 13.2. The van der Waals surface area contributed by atoms with Crippen molar-refractivity contribution in [2.75, 3.05) is 26.2 Å². The molecule has 2 amide bonds. The molecule has 0 saturated carbocycles. The van der Waals surface area contributed by atoms with Crippen molar-refractivity contribution in [2.45, 2.75) is 18.5 Å². The normalized spacial score (nSPS) is 17.8. The number of carbonyl (C=O) groups excluding carboxylic acids is 2. The second-order valence-corrected chi connectivity index (χ2v) is 9.78. The topological polar surface area (TPSA) is 52.7 Å². The number of carbonyl (C=O) groups is 2. The van der Waals surface area contributed by atoms with E-state index in [9.17, 15) is 9.59 Å². The maximum atomic E-state index is 13.2. The fraction of sp³-hybridized carbons (Fsp3) is 0.226. The second kappa shape index (κ2) is 9.59. The van der Waals surface area contributed by atoms with E-state index in [4.69, 9.17) is 0 Å². The lowest BCUT2D eigenvalue weighted by atomic mass is 9.96. The van der Waals surface area contributed by atoms with Gasteiger partial charge in [0, 0.05) is 49.4 Å². The molecular weight excluding hydrogens is 446 g/mol. The largest absolute Gasteiger partial charge is 0.337 e. The van der Waals surface area contributed by atoms with Crippen molar-refractivity contribution in [1.29, 1.82) is 0 Å². The molecule has 0 aliphatic carbocycles. The molecule has 2 aliphatic heterocycles. The van der Waals surface area contributed by atoms with E-state index in [0.29, 0.717) is 19.6 Å². The summed E-state index contributed by atoms with van der Waals surface area (Å²) in [4.78, 5) is 29.7. The van der Waals surface area contributed by atoms with Crippen molar-refractivity contribution in [3.8, 4) is 11.1 Å². The van der Waals surface area contributed by atoms with E-state index in [0.717, 1.165) is 34.9 Å². The first-order valence-corrected chi connectivity index (χ1v) is 12.6. The lowest BCUT2D eigenvalue weighted by Crippen LogP contribution is -2.62. The molecule has 0 unspecified atom stereocenters. The number of amides is 2. The Balaban J connectivity index is 1.06. The van der Waals surface area contributed by atoms with Crippen LogP contribution in [-0.2, 0) is 0 Å². The van der Waals surface area contributed by atoms with Gasteiger partial charge in [-0.15, -0.1) is 0 Å². The minimum atomic E-state index is 0.0763. The Morgan fingerprint density at radius 1 is 0.667 bits per heavy atom. The minimum Gasteiger partial charge on any atom is -0.337 e. The molecule has 2 heterocycles. The molecule has 0 radical (unpaired) electrons. The zero-order chi connectivity index (χ0) is 24.5. The molecule has 0 spiro atoms. The number of nitrogens with one attached hydrogen (secondary N) is 1. The lowest BCUT2D eigenvalue weighted by Gasteiger charge is -2.41. The molecule has 4 aromatic carbocycles. The molecule has 36 heavy (non-hydrogen) atoms. The Morgan fingerprint density at radius 3 is 2.14 bits per heavy atom. The number of likely N-dealkylation sites (tertiary alicyclic amines) is 2. The van der Waals surface area contributed by atoms with Crippen LogP contribution in [-0.4, -0.2) is 59.9 Å². The number of rotatable bonds is 5. The molecule has 2 fully saturated rings. The van der Waals surface area contributed by atoms with Crippen LogP contribution in [0.2, 0.25) is 0 Å². The third-order valence-corrected chi connectivity index (χ3v) is 7.35. The maximum Gasteiger partial charge on any atom is 0.253 e. The molecule has 180 valence electrons. The zero-order valence-corrected chi connectivity index (χ0v) is 20.1. The van der Waals surface area contributed by atoms with Crippen molar-refractivity contribution >= 4 is 22.6 Å². The highest BCUT2D eigenvalue weighted by molar-refractivity contribution is 6.03. The van der Waals surface area contributed by atoms with Crippen LogP contribution in [0.15, 0.2) is 97.1 Å². The molecule has 0 aromatic heterocycles. The van der Waals surface area contributed by atoms with Gasteiger partial charge < -0.3 is 15.1 Å². The van der Waals surface area contributed by atoms with Gasteiger partial charge in [-0.25, -0.2) is 0 Å². The van der Waals surface area contributed by atoms with Crippen LogP contribution < -0.4 is 5.32 Å². The zero-order valence-electron chi connectivity index (χ0n) is 20.1. The molecule has 1 atom stereocenters. The summed E-state index contributed by atoms with van der Waals surface area (Å²) in [5.74, 6) is 0.171. The van der Waals surface area contributed by atoms with Gasteiger partial charge in [0.1, 0.15) is 0 Å². The number of fused-ring (bicyclic) bond motifs is 1. The third-order valence-electron chi connectivity index (χ3n) is 7.35. The van der Waals surface area contributed by atoms with Gasteiger partial charge in [-0.3, -0.25) is 9.59 Å². The summed E-state index contributed by atoms with van der Waals surface area (Å²) in [7, 11) is 0. The van der Waals surface area contributed by atoms with Crippen LogP contribution in [0.5, 0.6) is 0 Å². The fourth-order valence-corrected chi connectivity index (χ4v) is 5.40. The Kier molecular flexibility index (Phi) is 5.99. The van der Waals surface area contributed by atoms with Crippen LogP contribution in [0.25, 0.3) is 21.9 Å². The number of hydrogen-bond donors (Lipinski definition) is 1. The van der Waals surface area contributed by atoms with Crippen LogP contribution in [0.1, 0.15) is 27.1 Å². The molecule has 4 aromatic rings. The first-order chi connectivity index (χ1) is 17.7. The van der Waals surface area contributed by atoms with Crippen molar-refractivity contribution in [3.05, 3.63) is 108 Å². The van der Waals surface area contributed by atoms with Gasteiger partial charge in [-0.1, -0.05) is 72.8 Å². The standard InChI is InChI=1S/C31H29N3O2/c35-30(23-10-5-2-6-11-23)33-17-16-26(19-33)32-27-20-34(21-27)31(36)25-14-15-29-24(18-25)12-7-13-28(29)22-8-3-1-4-9-22/h1-15,18,26-27,32H,16-17,19-21H2/t26-/m0/s1. The van der Waals surface area contributed by atoms with E-state index in [2.05, 4.69) is 41.7 Å². The van der Waals surface area contributed by atoms with Crippen LogP contribution in [0, 0.1) is 0 Å². The predicted molar refractivity (Wildman–Crippen MR) is 143 cm³/mol. The van der Waals surface area contributed by atoms with E-state index < -0.39 is 0 Å². The lowest BCUT2D eigenvalue weighted by molar-refractivity contribution is 0.0553. The molecule has 2 aliphatic rings. The summed E-state index contributed by atoms with van der Waals surface area (Å²) < 4.78 is 0. The van der Waals surface area contributed by atoms with E-state index in [1.54, 1.807) is 0 Å². The van der Waals surface area contributed by atoms with E-state index in [1.165, 1.54) is 11.1 Å². The van der Waals surface area contributed by atoms with Gasteiger partial charge in [-0.05, 0) is 52.6 Å². The van der Waals surface area contributed by atoms with Crippen LogP contribution in [0.3, 0.4) is 0 Å². The van der Waals surface area contributed by atoms with Gasteiger partial charge in [0.25, 0.3) is 11.8 Å². The monoisotopic (exact) mass is 475 g/mol. The first-order valence-electron chi connectivity index (χ1n) is 12.6. The Morgan fingerprint density at radius 2 is 1.36 bits per heavy atom. The fourth-order valence-electron chi connectivity index (χ4n) is 5.40. The smallest absolute Gasteiger partial charge is 0.253 e. The molecule has 5 nitrogen and oxygen atoms in total. The van der Waals surface area contributed by atoms with Crippen molar-refractivity contribution in [2.24, 2.45) is 0 Å². The quantitative estimate of drug-likeness (QED) is 0.450. The summed E-state index contributed by atoms with van der Waals surface area (Å²) in [6.45, 7) is 2.88. The van der Waals surface area contributed by atoms with Crippen LogP contribution >= 0.6 is 0 Å². The summed E-state index contributed by atoms with van der Waals surface area (Å²) in [5, 5.41) is 5.88. The van der Waals surface area contributed by atoms with Gasteiger partial charge in [0.15, 0.2) is 0 Å². The predicted octanol–water partition coefficient (Wildman–Crippen LogP) is 4.84. The average Bonchev–Trinajstić information content (AvgIpc) is 3.39. The molecule has 0 bridgehead atoms. The SMILES string of the molecule is O=C(c1ccc2c(-c3ccccc3)cccc2c1)N1CC(N[C@H]2CCN(C(=O)c3ccccc3)C2)C1. The van der Waals surface area contributed by atoms with E-state index in [-0.39, 0.29) is 23.9 Å². The van der Waals surface area contributed by atoms with Gasteiger partial charge >= 0.3 is 0 Å². The summed E-state index contributed by atoms with van der Waals surface area (Å²) in [6, 6.07) is 32.6. The summed E-state index contributed by atoms with van der Waals surface area (Å²) in [6.07, 6.45) is 0.942. The number of hydrogen-bond acceptors (Lipinski definition) is 3. The Labute approximate surface area is 211 Å². The average molecular weight is 476 g/mol. The van der Waals surface area contributed by atoms with Gasteiger partial charge in [-0.2, -0.15) is 0 Å². The minimum absolute atomic E-state index is 0.0763. The van der Waals surface area contributed by atoms with Crippen LogP contribution in [0.4, 0.5) is 0 Å². The van der Waals surface area contributed by atoms with Gasteiger partial charge in [0.05, 0.1) is 0 Å². The third kappa shape index (κ3) is 4.38.